The molecule has 1 aromatic rings. The Balaban J connectivity index is 2.68. The molecular weight excluding hydrogens is 363 g/mol. The van der Waals surface area contributed by atoms with Crippen LogP contribution in [0.25, 0.3) is 0 Å². The van der Waals surface area contributed by atoms with Crippen LogP contribution < -0.4 is 9.44 Å². The van der Waals surface area contributed by atoms with Gasteiger partial charge in [0, 0.05) is 13.1 Å². The lowest BCUT2D eigenvalue weighted by Gasteiger charge is -2.07. The van der Waals surface area contributed by atoms with Gasteiger partial charge in [0.2, 0.25) is 20.0 Å². The van der Waals surface area contributed by atoms with Crippen molar-refractivity contribution in [2.45, 2.75) is 4.90 Å². The van der Waals surface area contributed by atoms with E-state index >= 15 is 0 Å². The molecule has 0 bridgehead atoms. The van der Waals surface area contributed by atoms with Crippen LogP contribution in [-0.4, -0.2) is 36.2 Å². The topological polar surface area (TPSA) is 92.3 Å². The molecule has 0 saturated carbocycles. The van der Waals surface area contributed by atoms with Gasteiger partial charge in [-0.3, -0.25) is 0 Å². The zero-order chi connectivity index (χ0) is 14.7. The van der Waals surface area contributed by atoms with E-state index in [4.69, 9.17) is 0 Å². The Kier molecular flexibility index (Phi) is 5.44. The van der Waals surface area contributed by atoms with Crippen molar-refractivity contribution in [2.24, 2.45) is 0 Å². The Morgan fingerprint density at radius 3 is 2.26 bits per heavy atom. The van der Waals surface area contributed by atoms with Crippen molar-refractivity contribution >= 4 is 36.0 Å². The van der Waals surface area contributed by atoms with Gasteiger partial charge in [0.15, 0.2) is 0 Å². The number of hydrogen-bond acceptors (Lipinski definition) is 4. The zero-order valence-electron chi connectivity index (χ0n) is 9.85. The predicted octanol–water partition coefficient (Wildman–Crippen LogP) is 0.416. The first-order chi connectivity index (χ1) is 8.62. The summed E-state index contributed by atoms with van der Waals surface area (Å²) in [6.07, 6.45) is 0.964. The molecule has 0 aromatic heterocycles. The fourth-order valence-electron chi connectivity index (χ4n) is 1.15. The molecule has 108 valence electrons. The highest BCUT2D eigenvalue weighted by molar-refractivity contribution is 9.10. The van der Waals surface area contributed by atoms with E-state index in [1.807, 2.05) is 0 Å². The van der Waals surface area contributed by atoms with Crippen molar-refractivity contribution in [2.75, 3.05) is 19.3 Å². The minimum Gasteiger partial charge on any atom is -0.214 e. The molecule has 0 fully saturated rings. The highest BCUT2D eigenvalue weighted by Crippen LogP contribution is 2.19. The van der Waals surface area contributed by atoms with E-state index in [1.54, 1.807) is 0 Å². The molecule has 2 N–H and O–H groups in total. The molecule has 0 heterocycles. The standard InChI is InChI=1S/C9H12BrFN2O4S2/c1-18(14,15)12-4-5-13-19(16,17)7-2-3-8(10)9(11)6-7/h2-3,6,12-13H,4-5H2,1H3. The van der Waals surface area contributed by atoms with Gasteiger partial charge in [-0.05, 0) is 34.1 Å². The molecule has 10 heteroatoms. The van der Waals surface area contributed by atoms with Crippen LogP contribution in [0.3, 0.4) is 0 Å². The van der Waals surface area contributed by atoms with Crippen LogP contribution in [0, 0.1) is 5.82 Å². The number of benzene rings is 1. The quantitative estimate of drug-likeness (QED) is 0.705. The van der Waals surface area contributed by atoms with Crippen molar-refractivity contribution in [1.29, 1.82) is 0 Å². The van der Waals surface area contributed by atoms with Gasteiger partial charge in [0.25, 0.3) is 0 Å². The number of rotatable bonds is 6. The molecule has 0 aliphatic rings. The second-order valence-corrected chi connectivity index (χ2v) is 8.09. The monoisotopic (exact) mass is 374 g/mol. The predicted molar refractivity (Wildman–Crippen MR) is 72.1 cm³/mol. The van der Waals surface area contributed by atoms with Crippen molar-refractivity contribution in [3.05, 3.63) is 28.5 Å². The second-order valence-electron chi connectivity index (χ2n) is 3.64. The first-order valence-corrected chi connectivity index (χ1v) is 9.18. The first-order valence-electron chi connectivity index (χ1n) is 5.01. The summed E-state index contributed by atoms with van der Waals surface area (Å²) in [6, 6.07) is 3.38. The van der Waals surface area contributed by atoms with E-state index in [9.17, 15) is 21.2 Å². The number of hydrogen-bond donors (Lipinski definition) is 2. The van der Waals surface area contributed by atoms with Crippen LogP contribution in [0.15, 0.2) is 27.6 Å². The van der Waals surface area contributed by atoms with Gasteiger partial charge in [0.05, 0.1) is 15.6 Å². The van der Waals surface area contributed by atoms with Gasteiger partial charge in [0.1, 0.15) is 5.82 Å². The van der Waals surface area contributed by atoms with Crippen LogP contribution in [-0.2, 0) is 20.0 Å². The molecule has 0 unspecified atom stereocenters. The Hall–Kier alpha value is -0.550. The Bertz CT molecular complexity index is 661. The lowest BCUT2D eigenvalue weighted by Crippen LogP contribution is -2.34. The average molecular weight is 375 g/mol. The Morgan fingerprint density at radius 1 is 1.16 bits per heavy atom. The molecule has 1 aromatic carbocycles. The van der Waals surface area contributed by atoms with Gasteiger partial charge in [-0.2, -0.15) is 0 Å². The zero-order valence-corrected chi connectivity index (χ0v) is 13.1. The molecular formula is C9H12BrFN2O4S2. The maximum Gasteiger partial charge on any atom is 0.240 e. The van der Waals surface area contributed by atoms with Gasteiger partial charge in [-0.1, -0.05) is 0 Å². The summed E-state index contributed by atoms with van der Waals surface area (Å²) in [5.41, 5.74) is 0. The van der Waals surface area contributed by atoms with Gasteiger partial charge in [-0.25, -0.2) is 30.7 Å². The van der Waals surface area contributed by atoms with E-state index in [2.05, 4.69) is 25.4 Å². The largest absolute Gasteiger partial charge is 0.240 e. The summed E-state index contributed by atoms with van der Waals surface area (Å²) in [5.74, 6) is -0.697. The average Bonchev–Trinajstić information content (AvgIpc) is 2.27. The molecule has 0 radical (unpaired) electrons. The maximum atomic E-state index is 13.2. The third kappa shape index (κ3) is 5.53. The third-order valence-corrected chi connectivity index (χ3v) is 4.81. The normalized spacial score (nSPS) is 12.6. The SMILES string of the molecule is CS(=O)(=O)NCCNS(=O)(=O)c1ccc(Br)c(F)c1. The van der Waals surface area contributed by atoms with Crippen LogP contribution in [0.2, 0.25) is 0 Å². The number of halogens is 2. The van der Waals surface area contributed by atoms with E-state index in [0.717, 1.165) is 12.3 Å². The molecule has 6 nitrogen and oxygen atoms in total. The van der Waals surface area contributed by atoms with Crippen LogP contribution in [0.1, 0.15) is 0 Å². The molecule has 0 amide bonds. The minimum absolute atomic E-state index is 0.0862. The summed E-state index contributed by atoms with van der Waals surface area (Å²) < 4.78 is 62.7. The van der Waals surface area contributed by atoms with Crippen molar-refractivity contribution in [3.8, 4) is 0 Å². The van der Waals surface area contributed by atoms with E-state index in [0.29, 0.717) is 0 Å². The van der Waals surface area contributed by atoms with Crippen molar-refractivity contribution in [1.82, 2.24) is 9.44 Å². The van der Waals surface area contributed by atoms with Crippen LogP contribution in [0.4, 0.5) is 4.39 Å². The fraction of sp³-hybridized carbons (Fsp3) is 0.333. The van der Waals surface area contributed by atoms with Crippen molar-refractivity contribution in [3.63, 3.8) is 0 Å². The smallest absolute Gasteiger partial charge is 0.214 e. The summed E-state index contributed by atoms with van der Waals surface area (Å²) in [4.78, 5) is -0.229. The van der Waals surface area contributed by atoms with Gasteiger partial charge < -0.3 is 0 Å². The molecule has 0 saturated heterocycles. The molecule has 0 aliphatic heterocycles. The first kappa shape index (κ1) is 16.5. The second kappa shape index (κ2) is 6.27. The summed E-state index contributed by atoms with van der Waals surface area (Å²) in [6.45, 7) is -0.218. The molecule has 1 rings (SSSR count). The summed E-state index contributed by atoms with van der Waals surface area (Å²) in [7, 11) is -7.23. The van der Waals surface area contributed by atoms with Crippen LogP contribution in [0.5, 0.6) is 0 Å². The van der Waals surface area contributed by atoms with Gasteiger partial charge >= 0.3 is 0 Å². The Morgan fingerprint density at radius 2 is 1.74 bits per heavy atom. The highest BCUT2D eigenvalue weighted by Gasteiger charge is 2.15. The lowest BCUT2D eigenvalue weighted by atomic mass is 10.3. The maximum absolute atomic E-state index is 13.2. The number of nitrogens with one attached hydrogen (secondary N) is 2. The summed E-state index contributed by atoms with van der Waals surface area (Å²) >= 11 is 2.91. The molecule has 19 heavy (non-hydrogen) atoms. The van der Waals surface area contributed by atoms with E-state index < -0.39 is 25.9 Å². The van der Waals surface area contributed by atoms with E-state index in [-0.39, 0.29) is 22.5 Å². The lowest BCUT2D eigenvalue weighted by molar-refractivity contribution is 0.571. The number of sulfonamides is 2. The van der Waals surface area contributed by atoms with Crippen LogP contribution >= 0.6 is 15.9 Å². The summed E-state index contributed by atoms with van der Waals surface area (Å²) in [5, 5.41) is 0. The third-order valence-electron chi connectivity index (χ3n) is 1.98. The van der Waals surface area contributed by atoms with E-state index in [1.165, 1.54) is 12.1 Å². The van der Waals surface area contributed by atoms with Crippen molar-refractivity contribution < 1.29 is 21.2 Å². The minimum atomic E-state index is -3.86. The van der Waals surface area contributed by atoms with Gasteiger partial charge in [-0.15, -0.1) is 0 Å². The molecule has 0 atom stereocenters. The molecule has 0 aliphatic carbocycles. The highest BCUT2D eigenvalue weighted by atomic mass is 79.9. The molecule has 0 spiro atoms. The fourth-order valence-corrected chi connectivity index (χ4v) is 2.91. The Labute approximate surface area is 119 Å².